The quantitative estimate of drug-likeness (QED) is 0.443. The van der Waals surface area contributed by atoms with Gasteiger partial charge in [0.05, 0.1) is 0 Å². The Bertz CT molecular complexity index is 1040. The van der Waals surface area contributed by atoms with Crippen molar-refractivity contribution in [2.24, 2.45) is 0 Å². The van der Waals surface area contributed by atoms with Crippen LogP contribution >= 0.6 is 0 Å². The second-order valence-corrected chi connectivity index (χ2v) is 10.5. The number of carbonyl (C=O) groups excluding carboxylic acids is 1. The van der Waals surface area contributed by atoms with Gasteiger partial charge in [-0.2, -0.15) is 0 Å². The molecule has 1 fully saturated rings. The molecule has 0 spiro atoms. The van der Waals surface area contributed by atoms with Crippen molar-refractivity contribution in [3.8, 4) is 5.75 Å². The summed E-state index contributed by atoms with van der Waals surface area (Å²) in [7, 11) is 1.72. The number of rotatable bonds is 10. The number of hydrogen-bond donors (Lipinski definition) is 0. The first-order chi connectivity index (χ1) is 16.7. The van der Waals surface area contributed by atoms with Crippen molar-refractivity contribution in [1.82, 2.24) is 14.7 Å². The van der Waals surface area contributed by atoms with Crippen LogP contribution in [0.2, 0.25) is 0 Å². The van der Waals surface area contributed by atoms with E-state index in [1.54, 1.807) is 13.2 Å². The van der Waals surface area contributed by atoms with Crippen molar-refractivity contribution in [3.05, 3.63) is 71.3 Å². The summed E-state index contributed by atoms with van der Waals surface area (Å²) in [6.07, 6.45) is 1.59. The zero-order valence-corrected chi connectivity index (χ0v) is 23.4. The van der Waals surface area contributed by atoms with Gasteiger partial charge < -0.3 is 0 Å². The zero-order chi connectivity index (χ0) is 25.6. The van der Waals surface area contributed by atoms with Crippen molar-refractivity contribution >= 4 is 10.3 Å². The van der Waals surface area contributed by atoms with Gasteiger partial charge in [-0.3, -0.25) is 0 Å². The standard InChI is InChI=1S/C29H39N3O2.V/c1-7-30(8-2)21-24-13-15-25(16-14-24)28(26-11-9-12-27(19-26)34-6)32-20-23(3)31(17-10-18-33)22-29(32,4)5;/h9-16,19,23,28H,7-8,17,20,22H2,1-6H3;. The van der Waals surface area contributed by atoms with E-state index in [0.717, 1.165) is 31.9 Å². The third-order valence-electron chi connectivity index (χ3n) is 7.13. The Morgan fingerprint density at radius 2 is 1.89 bits per heavy atom. The average molecular weight is 513 g/mol. The van der Waals surface area contributed by atoms with E-state index in [-0.39, 0.29) is 11.6 Å². The van der Waals surface area contributed by atoms with E-state index >= 15 is 0 Å². The zero-order valence-electron chi connectivity index (χ0n) is 22.0. The molecule has 2 unspecified atom stereocenters. The Balaban J connectivity index is 2.02. The molecule has 3 rings (SSSR count). The Labute approximate surface area is 220 Å². The summed E-state index contributed by atoms with van der Waals surface area (Å²) < 4.78 is 6.83. The molecule has 1 aliphatic rings. The van der Waals surface area contributed by atoms with E-state index in [2.05, 4.69) is 109 Å². The Morgan fingerprint density at radius 1 is 1.20 bits per heavy atom. The van der Waals surface area contributed by atoms with E-state index in [4.69, 9.17) is 4.74 Å². The number of methoxy groups -OCH3 is 1. The minimum absolute atomic E-state index is 0.0867. The molecule has 0 amide bonds. The fraction of sp³-hybridized carbons (Fsp3) is 0.483. The van der Waals surface area contributed by atoms with Gasteiger partial charge in [-0.1, -0.05) is 0 Å². The summed E-state index contributed by atoms with van der Waals surface area (Å²) in [4.78, 5) is 18.2. The van der Waals surface area contributed by atoms with Gasteiger partial charge in [-0.15, -0.1) is 0 Å². The number of nitrogens with zero attached hydrogens (tertiary/aromatic N) is 3. The van der Waals surface area contributed by atoms with Crippen molar-refractivity contribution in [3.63, 3.8) is 0 Å². The van der Waals surface area contributed by atoms with Crippen LogP contribution in [0.1, 0.15) is 57.4 Å². The van der Waals surface area contributed by atoms with Gasteiger partial charge in [0.1, 0.15) is 5.94 Å². The molecular formula is C29H39N3O2V. The molecule has 6 heteroatoms. The molecular weight excluding hydrogens is 473 g/mol. The van der Waals surface area contributed by atoms with E-state index in [9.17, 15) is 4.79 Å². The minimum atomic E-state index is -0.101. The van der Waals surface area contributed by atoms with Crippen LogP contribution in [-0.4, -0.2) is 76.4 Å². The van der Waals surface area contributed by atoms with Gasteiger partial charge in [0, 0.05) is 0 Å². The summed E-state index contributed by atoms with van der Waals surface area (Å²) in [5, 5.41) is 0. The fourth-order valence-electron chi connectivity index (χ4n) is 5.13. The molecule has 2 aromatic carbocycles. The topological polar surface area (TPSA) is 36.0 Å². The molecule has 0 aromatic heterocycles. The van der Waals surface area contributed by atoms with Gasteiger partial charge in [0.25, 0.3) is 0 Å². The predicted molar refractivity (Wildman–Crippen MR) is 140 cm³/mol. The third-order valence-corrected chi connectivity index (χ3v) is 7.97. The van der Waals surface area contributed by atoms with Gasteiger partial charge in [-0.05, 0) is 0 Å². The van der Waals surface area contributed by atoms with E-state index in [1.807, 2.05) is 12.0 Å². The van der Waals surface area contributed by atoms with Gasteiger partial charge in [0.2, 0.25) is 0 Å². The fourth-order valence-corrected chi connectivity index (χ4v) is 5.80. The summed E-state index contributed by atoms with van der Waals surface area (Å²) in [6.45, 7) is 15.6. The van der Waals surface area contributed by atoms with Crippen molar-refractivity contribution < 1.29 is 26.5 Å². The van der Waals surface area contributed by atoms with Crippen LogP contribution < -0.4 is 4.74 Å². The number of ether oxygens (including phenoxy) is 1. The molecule has 0 radical (unpaired) electrons. The molecule has 35 heavy (non-hydrogen) atoms. The van der Waals surface area contributed by atoms with Crippen LogP contribution in [0.25, 0.3) is 0 Å². The summed E-state index contributed by atoms with van der Waals surface area (Å²) in [5.41, 5.74) is 3.62. The molecule has 1 aliphatic heterocycles. The molecule has 1 heterocycles. The Kier molecular flexibility index (Phi) is 9.72. The number of hydrogen-bond acceptors (Lipinski definition) is 5. The number of benzene rings is 2. The van der Waals surface area contributed by atoms with Crippen LogP contribution in [0.4, 0.5) is 0 Å². The summed E-state index contributed by atoms with van der Waals surface area (Å²) in [5.74, 6) is 2.81. The van der Waals surface area contributed by atoms with E-state index < -0.39 is 0 Å². The van der Waals surface area contributed by atoms with E-state index in [1.165, 1.54) is 21.0 Å². The monoisotopic (exact) mass is 512 g/mol. The Hall–Kier alpha value is -1.98. The second kappa shape index (κ2) is 12.3. The van der Waals surface area contributed by atoms with Gasteiger partial charge >= 0.3 is 210 Å². The summed E-state index contributed by atoms with van der Waals surface area (Å²) >= 11 is 2.74. The van der Waals surface area contributed by atoms with Gasteiger partial charge in [0.15, 0.2) is 0 Å². The maximum absolute atomic E-state index is 10.8. The molecule has 0 saturated carbocycles. The SMILES string of the molecule is CCN(CC)[C](=[V])c1ccc(C(c2cccc(OC)c2)N2CC(C)N(CC=C=O)CC2(C)C)cc1. The molecule has 187 valence electrons. The van der Waals surface area contributed by atoms with Crippen LogP contribution in [0.3, 0.4) is 0 Å². The predicted octanol–water partition coefficient (Wildman–Crippen LogP) is 4.32. The summed E-state index contributed by atoms with van der Waals surface area (Å²) in [6, 6.07) is 17.9. The normalized spacial score (nSPS) is 19.2. The van der Waals surface area contributed by atoms with Gasteiger partial charge in [-0.25, -0.2) is 4.79 Å². The molecule has 0 N–H and O–H groups in total. The van der Waals surface area contributed by atoms with Crippen LogP contribution in [0, 0.1) is 0 Å². The van der Waals surface area contributed by atoms with Crippen LogP contribution in [0.5, 0.6) is 5.75 Å². The van der Waals surface area contributed by atoms with Crippen molar-refractivity contribution in [2.75, 3.05) is 39.8 Å². The maximum atomic E-state index is 10.8. The second-order valence-electron chi connectivity index (χ2n) is 9.86. The molecule has 0 aliphatic carbocycles. The first kappa shape index (κ1) is 27.6. The first-order valence-corrected chi connectivity index (χ1v) is 13.2. The first-order valence-electron chi connectivity index (χ1n) is 12.5. The molecule has 1 saturated heterocycles. The van der Waals surface area contributed by atoms with Crippen molar-refractivity contribution in [2.45, 2.75) is 52.2 Å². The molecule has 2 aromatic rings. The average Bonchev–Trinajstić information content (AvgIpc) is 2.86. The van der Waals surface area contributed by atoms with E-state index in [0.29, 0.717) is 12.6 Å². The van der Waals surface area contributed by atoms with Crippen LogP contribution in [0.15, 0.2) is 54.6 Å². The Morgan fingerprint density at radius 3 is 2.49 bits per heavy atom. The molecule has 0 bridgehead atoms. The molecule has 5 nitrogen and oxygen atoms in total. The number of piperazine rings is 1. The third kappa shape index (κ3) is 6.43. The molecule has 2 atom stereocenters. The van der Waals surface area contributed by atoms with Crippen LogP contribution in [-0.2, 0) is 21.8 Å². The van der Waals surface area contributed by atoms with Crippen molar-refractivity contribution in [1.29, 1.82) is 0 Å².